The van der Waals surface area contributed by atoms with Gasteiger partial charge in [-0.25, -0.2) is 10.3 Å². The molecule has 0 unspecified atom stereocenters. The number of aromatic hydroxyl groups is 1. The molecule has 0 bridgehead atoms. The van der Waals surface area contributed by atoms with Crippen LogP contribution in [0.4, 0.5) is 10.5 Å². The number of halogens is 1. The maximum absolute atomic E-state index is 12.7. The second-order valence-corrected chi connectivity index (χ2v) is 8.26. The SMILES string of the molecule is CO[C@H](CC/C=C/C(=O)NO)[C@H](OC(=O)Nc1ccc(C(C)=O)cc1)c1cc(I)ccc1O. The van der Waals surface area contributed by atoms with E-state index in [0.717, 1.165) is 3.57 Å². The third-order valence-electron chi connectivity index (χ3n) is 4.71. The Bertz CT molecular complexity index is 1010. The monoisotopic (exact) mass is 568 g/mol. The smallest absolute Gasteiger partial charge is 0.412 e. The lowest BCUT2D eigenvalue weighted by molar-refractivity contribution is -0.124. The second-order valence-electron chi connectivity index (χ2n) is 7.02. The first-order chi connectivity index (χ1) is 15.7. The van der Waals surface area contributed by atoms with Crippen molar-refractivity contribution in [3.05, 3.63) is 69.3 Å². The van der Waals surface area contributed by atoms with Gasteiger partial charge in [0.15, 0.2) is 11.9 Å². The Hall–Kier alpha value is -2.96. The van der Waals surface area contributed by atoms with Gasteiger partial charge in [0.2, 0.25) is 0 Å². The lowest BCUT2D eigenvalue weighted by Crippen LogP contribution is -2.28. The number of phenols is 1. The van der Waals surface area contributed by atoms with Gasteiger partial charge < -0.3 is 14.6 Å². The molecule has 0 heterocycles. The van der Waals surface area contributed by atoms with Crippen molar-refractivity contribution in [2.75, 3.05) is 12.4 Å². The number of carbonyl (C=O) groups is 3. The summed E-state index contributed by atoms with van der Waals surface area (Å²) in [6.45, 7) is 1.45. The van der Waals surface area contributed by atoms with Crippen LogP contribution in [0.5, 0.6) is 5.75 Å². The lowest BCUT2D eigenvalue weighted by atomic mass is 9.99. The van der Waals surface area contributed by atoms with Crippen LogP contribution in [-0.4, -0.2) is 41.3 Å². The Morgan fingerprint density at radius 1 is 1.15 bits per heavy atom. The molecule has 33 heavy (non-hydrogen) atoms. The number of Topliss-reactive ketones (excluding diaryl/α,β-unsaturated/α-hetero) is 1. The topological polar surface area (TPSA) is 134 Å². The molecular formula is C23H25IN2O7. The fraction of sp³-hybridized carbons (Fsp3) is 0.261. The molecule has 2 rings (SSSR count). The Morgan fingerprint density at radius 3 is 2.45 bits per heavy atom. The van der Waals surface area contributed by atoms with Crippen molar-refractivity contribution in [3.8, 4) is 5.75 Å². The number of rotatable bonds is 10. The molecule has 2 aromatic rings. The normalized spacial score (nSPS) is 12.7. The number of ether oxygens (including phenoxy) is 2. The molecule has 0 saturated heterocycles. The number of hydrogen-bond acceptors (Lipinski definition) is 7. The highest BCUT2D eigenvalue weighted by Gasteiger charge is 2.29. The summed E-state index contributed by atoms with van der Waals surface area (Å²) in [7, 11) is 1.45. The Kier molecular flexibility index (Phi) is 10.3. The molecule has 0 saturated carbocycles. The van der Waals surface area contributed by atoms with E-state index in [9.17, 15) is 19.5 Å². The van der Waals surface area contributed by atoms with E-state index in [2.05, 4.69) is 27.9 Å². The fourth-order valence-electron chi connectivity index (χ4n) is 3.02. The Morgan fingerprint density at radius 2 is 1.85 bits per heavy atom. The number of anilines is 1. The summed E-state index contributed by atoms with van der Waals surface area (Å²) in [5.41, 5.74) is 2.81. The van der Waals surface area contributed by atoms with E-state index in [1.807, 2.05) is 0 Å². The van der Waals surface area contributed by atoms with E-state index in [1.54, 1.807) is 42.5 Å². The van der Waals surface area contributed by atoms with Gasteiger partial charge in [0.05, 0.1) is 6.10 Å². The molecule has 9 nitrogen and oxygen atoms in total. The van der Waals surface area contributed by atoms with Gasteiger partial charge in [-0.2, -0.15) is 0 Å². The van der Waals surface area contributed by atoms with Crippen LogP contribution in [0.25, 0.3) is 0 Å². The summed E-state index contributed by atoms with van der Waals surface area (Å²) in [4.78, 5) is 35.2. The van der Waals surface area contributed by atoms with Gasteiger partial charge >= 0.3 is 6.09 Å². The first kappa shape index (κ1) is 26.3. The van der Waals surface area contributed by atoms with E-state index >= 15 is 0 Å². The molecule has 0 aliphatic heterocycles. The third kappa shape index (κ3) is 8.15. The van der Waals surface area contributed by atoms with Crippen molar-refractivity contribution in [1.82, 2.24) is 5.48 Å². The first-order valence-electron chi connectivity index (χ1n) is 9.95. The summed E-state index contributed by atoms with van der Waals surface area (Å²) in [5.74, 6) is -0.815. The van der Waals surface area contributed by atoms with Crippen LogP contribution in [0.2, 0.25) is 0 Å². The molecular weight excluding hydrogens is 543 g/mol. The van der Waals surface area contributed by atoms with Crippen LogP contribution in [0.15, 0.2) is 54.6 Å². The number of allylic oxidation sites excluding steroid dienone is 1. The van der Waals surface area contributed by atoms with Crippen LogP contribution < -0.4 is 10.8 Å². The van der Waals surface area contributed by atoms with Crippen LogP contribution in [0.3, 0.4) is 0 Å². The summed E-state index contributed by atoms with van der Waals surface area (Å²) in [6.07, 6.45) is 1.06. The van der Waals surface area contributed by atoms with Crippen molar-refractivity contribution >= 4 is 46.1 Å². The van der Waals surface area contributed by atoms with Crippen molar-refractivity contribution in [2.45, 2.75) is 32.0 Å². The molecule has 0 fully saturated rings. The molecule has 2 atom stereocenters. The number of hydroxylamine groups is 1. The van der Waals surface area contributed by atoms with Crippen LogP contribution in [0.1, 0.15) is 41.8 Å². The molecule has 0 radical (unpaired) electrons. The lowest BCUT2D eigenvalue weighted by Gasteiger charge is -2.27. The van der Waals surface area contributed by atoms with Gasteiger partial charge in [-0.3, -0.25) is 20.1 Å². The number of ketones is 1. The van der Waals surface area contributed by atoms with Crippen LogP contribution in [0, 0.1) is 3.57 Å². The van der Waals surface area contributed by atoms with Crippen molar-refractivity contribution in [2.24, 2.45) is 0 Å². The number of phenolic OH excluding ortho intramolecular Hbond substituents is 1. The Labute approximate surface area is 204 Å². The quantitative estimate of drug-likeness (QED) is 0.110. The average Bonchev–Trinajstić information content (AvgIpc) is 2.79. The highest BCUT2D eigenvalue weighted by Crippen LogP contribution is 2.34. The van der Waals surface area contributed by atoms with Crippen molar-refractivity contribution < 1.29 is 34.2 Å². The molecule has 176 valence electrons. The summed E-state index contributed by atoms with van der Waals surface area (Å²) >= 11 is 2.08. The van der Waals surface area contributed by atoms with Crippen molar-refractivity contribution in [3.63, 3.8) is 0 Å². The van der Waals surface area contributed by atoms with Gasteiger partial charge in [-0.1, -0.05) is 6.08 Å². The third-order valence-corrected chi connectivity index (χ3v) is 5.38. The average molecular weight is 568 g/mol. The van der Waals surface area contributed by atoms with Crippen LogP contribution >= 0.6 is 22.6 Å². The molecule has 2 amide bonds. The Balaban J connectivity index is 2.21. The first-order valence-corrected chi connectivity index (χ1v) is 11.0. The molecule has 0 spiro atoms. The number of carbonyl (C=O) groups excluding carboxylic acids is 3. The molecule has 0 aromatic heterocycles. The van der Waals surface area contributed by atoms with Gasteiger partial charge in [0, 0.05) is 33.6 Å². The zero-order valence-electron chi connectivity index (χ0n) is 18.1. The van der Waals surface area contributed by atoms with Gasteiger partial charge in [-0.05, 0) is 84.8 Å². The molecule has 0 aliphatic carbocycles. The van der Waals surface area contributed by atoms with E-state index in [4.69, 9.17) is 14.7 Å². The minimum Gasteiger partial charge on any atom is -0.508 e. The minimum atomic E-state index is -0.957. The number of amides is 2. The fourth-order valence-corrected chi connectivity index (χ4v) is 3.54. The predicted octanol–water partition coefficient (Wildman–Crippen LogP) is 4.35. The minimum absolute atomic E-state index is 0.0590. The molecule has 10 heteroatoms. The van der Waals surface area contributed by atoms with Gasteiger partial charge in [-0.15, -0.1) is 0 Å². The van der Waals surface area contributed by atoms with Crippen LogP contribution in [-0.2, 0) is 14.3 Å². The summed E-state index contributed by atoms with van der Waals surface area (Å²) in [6, 6.07) is 11.3. The summed E-state index contributed by atoms with van der Waals surface area (Å²) < 4.78 is 12.0. The maximum atomic E-state index is 12.7. The van der Waals surface area contributed by atoms with E-state index in [0.29, 0.717) is 29.7 Å². The number of hydrogen-bond donors (Lipinski definition) is 4. The van der Waals surface area contributed by atoms with Crippen molar-refractivity contribution in [1.29, 1.82) is 0 Å². The highest BCUT2D eigenvalue weighted by atomic mass is 127. The number of nitrogens with one attached hydrogen (secondary N) is 2. The van der Waals surface area contributed by atoms with Gasteiger partial charge in [0.1, 0.15) is 5.75 Å². The zero-order chi connectivity index (χ0) is 24.4. The highest BCUT2D eigenvalue weighted by molar-refractivity contribution is 14.1. The number of benzene rings is 2. The predicted molar refractivity (Wildman–Crippen MR) is 129 cm³/mol. The van der Waals surface area contributed by atoms with Gasteiger partial charge in [0.25, 0.3) is 5.91 Å². The molecule has 2 aromatic carbocycles. The summed E-state index contributed by atoms with van der Waals surface area (Å²) in [5, 5.41) is 21.6. The largest absolute Gasteiger partial charge is 0.508 e. The van der Waals surface area contributed by atoms with E-state index in [1.165, 1.54) is 31.7 Å². The number of methoxy groups -OCH3 is 1. The standard InChI is InChI=1S/C23H25IN2O7/c1-14(27)15-7-10-17(11-8-15)25-23(30)33-22(18-13-16(24)9-12-19(18)28)20(32-2)5-3-4-6-21(29)26-31/h4,6-13,20,22,28,31H,3,5H2,1-2H3,(H,25,30)(H,26,29)/b6-4+/t20-,22-/m1/s1. The molecule has 4 N–H and O–H groups in total. The maximum Gasteiger partial charge on any atom is 0.412 e. The molecule has 0 aliphatic rings. The van der Waals surface area contributed by atoms with E-state index < -0.39 is 24.2 Å². The van der Waals surface area contributed by atoms with E-state index in [-0.39, 0.29) is 11.5 Å². The zero-order valence-corrected chi connectivity index (χ0v) is 20.2. The second kappa shape index (κ2) is 12.9.